The fourth-order valence-corrected chi connectivity index (χ4v) is 3.26. The number of fused-ring (bicyclic) bond motifs is 2. The molecular weight excluding hydrogens is 433 g/mol. The number of pyridine rings is 1. The molecule has 0 saturated heterocycles. The molecule has 0 aliphatic rings. The Balaban J connectivity index is 0.00000196. The summed E-state index contributed by atoms with van der Waals surface area (Å²) < 4.78 is 2.24. The molecule has 0 atom stereocenters. The van der Waals surface area contributed by atoms with Crippen molar-refractivity contribution in [1.82, 2.24) is 4.98 Å². The predicted octanol–water partition coefficient (Wildman–Crippen LogP) is 1.39. The predicted molar refractivity (Wildman–Crippen MR) is 107 cm³/mol. The number of nitrogens with one attached hydrogen (secondary N) is 1. The van der Waals surface area contributed by atoms with Crippen LogP contribution in [0.15, 0.2) is 60.8 Å². The summed E-state index contributed by atoms with van der Waals surface area (Å²) in [6.45, 7) is 0. The molecule has 2 aromatic heterocycles. The largest absolute Gasteiger partial charge is 1.00 e. The molecular formula is C22H22IN3. The van der Waals surface area contributed by atoms with E-state index in [-0.39, 0.29) is 24.0 Å². The average molecular weight is 455 g/mol. The number of aromatic amines is 1. The molecule has 26 heavy (non-hydrogen) atoms. The zero-order valence-corrected chi connectivity index (χ0v) is 17.4. The van der Waals surface area contributed by atoms with Gasteiger partial charge in [0, 0.05) is 60.5 Å². The first kappa shape index (κ1) is 18.5. The minimum absolute atomic E-state index is 0. The lowest BCUT2D eigenvalue weighted by molar-refractivity contribution is -0.646. The third kappa shape index (κ3) is 3.33. The molecule has 132 valence electrons. The SMILES string of the molecule is CN(C)c1ccc2c(ccc(/C=C/c3c[nH]c4ccccc34)[n+]2C)c1.[I-]. The number of nitrogens with zero attached hydrogens (tertiary/aromatic N) is 2. The third-order valence-corrected chi connectivity index (χ3v) is 4.76. The van der Waals surface area contributed by atoms with Crippen LogP contribution in [0.25, 0.3) is 34.0 Å². The Labute approximate surface area is 171 Å². The number of para-hydroxylation sites is 1. The maximum Gasteiger partial charge on any atom is 0.212 e. The van der Waals surface area contributed by atoms with E-state index in [0.717, 1.165) is 0 Å². The minimum Gasteiger partial charge on any atom is -1.00 e. The molecule has 0 unspecified atom stereocenters. The molecule has 2 heterocycles. The highest BCUT2D eigenvalue weighted by molar-refractivity contribution is 5.91. The number of H-pyrrole nitrogens is 1. The third-order valence-electron chi connectivity index (χ3n) is 4.76. The van der Waals surface area contributed by atoms with Crippen LogP contribution in [0.2, 0.25) is 0 Å². The average Bonchev–Trinajstić information content (AvgIpc) is 3.04. The summed E-state index contributed by atoms with van der Waals surface area (Å²) in [6.07, 6.45) is 6.41. The van der Waals surface area contributed by atoms with Crippen molar-refractivity contribution in [1.29, 1.82) is 0 Å². The molecule has 0 aliphatic carbocycles. The highest BCUT2D eigenvalue weighted by atomic mass is 127. The van der Waals surface area contributed by atoms with Crippen molar-refractivity contribution in [3.63, 3.8) is 0 Å². The summed E-state index contributed by atoms with van der Waals surface area (Å²) in [5.41, 5.74) is 6.00. The van der Waals surface area contributed by atoms with Crippen LogP contribution >= 0.6 is 0 Å². The first-order chi connectivity index (χ1) is 12.1. The quantitative estimate of drug-likeness (QED) is 0.366. The van der Waals surface area contributed by atoms with Crippen LogP contribution in [0, 0.1) is 0 Å². The van der Waals surface area contributed by atoms with Gasteiger partial charge in [-0.15, -0.1) is 0 Å². The molecule has 0 aliphatic heterocycles. The number of rotatable bonds is 3. The molecule has 0 fully saturated rings. The molecule has 4 heteroatoms. The van der Waals surface area contributed by atoms with Gasteiger partial charge in [0.2, 0.25) is 11.2 Å². The number of anilines is 1. The van der Waals surface area contributed by atoms with Gasteiger partial charge in [-0.1, -0.05) is 18.2 Å². The van der Waals surface area contributed by atoms with Crippen LogP contribution in [0.5, 0.6) is 0 Å². The number of aromatic nitrogens is 2. The molecule has 0 bridgehead atoms. The highest BCUT2D eigenvalue weighted by Gasteiger charge is 2.10. The van der Waals surface area contributed by atoms with Gasteiger partial charge in [0.1, 0.15) is 7.05 Å². The Morgan fingerprint density at radius 2 is 1.77 bits per heavy atom. The molecule has 0 amide bonds. The summed E-state index contributed by atoms with van der Waals surface area (Å²) in [5, 5.41) is 2.50. The first-order valence-corrected chi connectivity index (χ1v) is 8.48. The van der Waals surface area contributed by atoms with Gasteiger partial charge in [0.15, 0.2) is 0 Å². The van der Waals surface area contributed by atoms with Gasteiger partial charge in [-0.3, -0.25) is 0 Å². The van der Waals surface area contributed by atoms with Crippen molar-refractivity contribution < 1.29 is 28.5 Å². The molecule has 0 spiro atoms. The van der Waals surface area contributed by atoms with Gasteiger partial charge in [0.25, 0.3) is 0 Å². The lowest BCUT2D eigenvalue weighted by Gasteiger charge is -2.12. The molecule has 1 N–H and O–H groups in total. The lowest BCUT2D eigenvalue weighted by atomic mass is 10.1. The van der Waals surface area contributed by atoms with Crippen molar-refractivity contribution in [2.45, 2.75) is 0 Å². The topological polar surface area (TPSA) is 22.9 Å². The molecule has 4 rings (SSSR count). The highest BCUT2D eigenvalue weighted by Crippen LogP contribution is 2.21. The van der Waals surface area contributed by atoms with Gasteiger partial charge in [0.05, 0.1) is 0 Å². The van der Waals surface area contributed by atoms with E-state index in [4.69, 9.17) is 0 Å². The fourth-order valence-electron chi connectivity index (χ4n) is 3.26. The van der Waals surface area contributed by atoms with E-state index in [0.29, 0.717) is 0 Å². The van der Waals surface area contributed by atoms with Gasteiger partial charge in [-0.05, 0) is 35.9 Å². The van der Waals surface area contributed by atoms with Crippen molar-refractivity contribution in [3.05, 3.63) is 72.1 Å². The van der Waals surface area contributed by atoms with Gasteiger partial charge >= 0.3 is 0 Å². The summed E-state index contributed by atoms with van der Waals surface area (Å²) in [7, 11) is 6.26. The van der Waals surface area contributed by atoms with Gasteiger partial charge in [-0.2, -0.15) is 4.57 Å². The second-order valence-corrected chi connectivity index (χ2v) is 6.58. The summed E-state index contributed by atoms with van der Waals surface area (Å²) >= 11 is 0. The van der Waals surface area contributed by atoms with Crippen LogP contribution in [0.1, 0.15) is 11.3 Å². The summed E-state index contributed by atoms with van der Waals surface area (Å²) in [4.78, 5) is 5.45. The Bertz CT molecular complexity index is 1090. The van der Waals surface area contributed by atoms with E-state index in [9.17, 15) is 0 Å². The van der Waals surface area contributed by atoms with Crippen molar-refractivity contribution in [2.75, 3.05) is 19.0 Å². The van der Waals surface area contributed by atoms with Crippen LogP contribution in [-0.4, -0.2) is 19.1 Å². The zero-order chi connectivity index (χ0) is 17.4. The van der Waals surface area contributed by atoms with Gasteiger partial charge < -0.3 is 33.9 Å². The standard InChI is InChI=1S/C22H21N3.HI/c1-24(2)19-12-13-22-16(14-19)8-10-18(25(22)3)11-9-17-15-23-21-7-5-4-6-20(17)21;/h4-15H,1-3H3;1H. The maximum absolute atomic E-state index is 3.32. The van der Waals surface area contributed by atoms with E-state index in [1.165, 1.54) is 38.8 Å². The smallest absolute Gasteiger partial charge is 0.212 e. The van der Waals surface area contributed by atoms with Crippen LogP contribution in [0.4, 0.5) is 5.69 Å². The van der Waals surface area contributed by atoms with Crippen molar-refractivity contribution >= 4 is 39.6 Å². The normalized spacial score (nSPS) is 11.2. The van der Waals surface area contributed by atoms with E-state index in [1.54, 1.807) is 0 Å². The maximum atomic E-state index is 3.32. The molecule has 0 radical (unpaired) electrons. The monoisotopic (exact) mass is 455 g/mol. The molecule has 2 aromatic carbocycles. The van der Waals surface area contributed by atoms with Crippen molar-refractivity contribution in [2.24, 2.45) is 7.05 Å². The second kappa shape index (κ2) is 7.50. The number of benzene rings is 2. The Hall–Kier alpha value is -2.34. The number of aryl methyl sites for hydroxylation is 1. The van der Waals surface area contributed by atoms with Crippen LogP contribution < -0.4 is 33.4 Å². The summed E-state index contributed by atoms with van der Waals surface area (Å²) in [6, 6.07) is 19.3. The van der Waals surface area contributed by atoms with E-state index in [1.807, 2.05) is 0 Å². The van der Waals surface area contributed by atoms with Gasteiger partial charge in [-0.25, -0.2) is 0 Å². The van der Waals surface area contributed by atoms with Crippen molar-refractivity contribution in [3.8, 4) is 0 Å². The number of hydrogen-bond acceptors (Lipinski definition) is 1. The second-order valence-electron chi connectivity index (χ2n) is 6.58. The fraction of sp³-hybridized carbons (Fsp3) is 0.136. The Kier molecular flexibility index (Phi) is 5.32. The Morgan fingerprint density at radius 3 is 2.58 bits per heavy atom. The number of halogens is 1. The van der Waals surface area contributed by atoms with E-state index >= 15 is 0 Å². The zero-order valence-electron chi connectivity index (χ0n) is 15.2. The van der Waals surface area contributed by atoms with E-state index < -0.39 is 0 Å². The van der Waals surface area contributed by atoms with Crippen LogP contribution in [0.3, 0.4) is 0 Å². The lowest BCUT2D eigenvalue weighted by Crippen LogP contribution is -3.00. The molecule has 3 nitrogen and oxygen atoms in total. The minimum atomic E-state index is 0. The van der Waals surface area contributed by atoms with E-state index in [2.05, 4.69) is 109 Å². The first-order valence-electron chi connectivity index (χ1n) is 8.48. The number of hydrogen-bond donors (Lipinski definition) is 1. The molecule has 4 aromatic rings. The molecule has 0 saturated carbocycles. The Morgan fingerprint density at radius 1 is 0.962 bits per heavy atom. The summed E-state index contributed by atoms with van der Waals surface area (Å²) in [5.74, 6) is 0. The van der Waals surface area contributed by atoms with Crippen LogP contribution in [-0.2, 0) is 7.05 Å².